The average Bonchev–Trinajstić information content (AvgIpc) is 3.84. The van der Waals surface area contributed by atoms with Crippen LogP contribution in [0.1, 0.15) is 25.6 Å². The fraction of sp³-hybridized carbons (Fsp3) is 0.0323. The number of nitrogens with one attached hydrogen (secondary N) is 5. The molecule has 1 aromatic carbocycles. The third-order valence-corrected chi connectivity index (χ3v) is 8.24. The van der Waals surface area contributed by atoms with Crippen molar-refractivity contribution in [3.05, 3.63) is 118 Å². The van der Waals surface area contributed by atoms with Gasteiger partial charge in [0.2, 0.25) is 0 Å². The van der Waals surface area contributed by atoms with Gasteiger partial charge in [-0.3, -0.25) is 4.79 Å². The van der Waals surface area contributed by atoms with Gasteiger partial charge in [0.25, 0.3) is 5.91 Å². The first kappa shape index (κ1) is 27.7. The zero-order valence-corrected chi connectivity index (χ0v) is 24.1. The van der Waals surface area contributed by atoms with Crippen molar-refractivity contribution in [1.29, 1.82) is 0 Å². The van der Waals surface area contributed by atoms with Crippen LogP contribution in [0.4, 0.5) is 22.1 Å². The zero-order valence-electron chi connectivity index (χ0n) is 22.5. The third kappa shape index (κ3) is 6.25. The molecule has 7 aromatic rings. The molecule has 43 heavy (non-hydrogen) atoms. The number of carbonyl (C=O) groups excluding carboxylic acids is 1. The van der Waals surface area contributed by atoms with E-state index in [1.807, 2.05) is 72.2 Å². The summed E-state index contributed by atoms with van der Waals surface area (Å²) in [5.74, 6) is -1.01. The van der Waals surface area contributed by atoms with Gasteiger partial charge >= 0.3 is 5.97 Å². The van der Waals surface area contributed by atoms with Gasteiger partial charge in [-0.25, -0.2) is 14.8 Å². The van der Waals surface area contributed by atoms with Crippen molar-refractivity contribution >= 4 is 78.7 Å². The summed E-state index contributed by atoms with van der Waals surface area (Å²) in [5, 5.41) is 24.9. The lowest BCUT2D eigenvalue weighted by molar-refractivity contribution is 0.0703. The largest absolute Gasteiger partial charge is 0.477 e. The van der Waals surface area contributed by atoms with E-state index >= 15 is 0 Å². The number of carboxylic acids is 1. The Morgan fingerprint density at radius 1 is 0.744 bits per heavy atom. The van der Waals surface area contributed by atoms with Crippen LogP contribution < -0.4 is 16.0 Å². The van der Waals surface area contributed by atoms with Crippen molar-refractivity contribution in [2.75, 3.05) is 10.6 Å². The summed E-state index contributed by atoms with van der Waals surface area (Å²) in [6.07, 6.45) is 7.07. The summed E-state index contributed by atoms with van der Waals surface area (Å²) < 4.78 is 0. The molecular formula is C31H25N7O3S2. The molecule has 10 nitrogen and oxygen atoms in total. The number of carboxylic acid groups (broad SMARTS) is 1. The molecule has 0 bridgehead atoms. The maximum absolute atomic E-state index is 12.5. The predicted octanol–water partition coefficient (Wildman–Crippen LogP) is 7.36. The fourth-order valence-corrected chi connectivity index (χ4v) is 5.92. The summed E-state index contributed by atoms with van der Waals surface area (Å²) in [5.41, 5.74) is 5.66. The maximum Gasteiger partial charge on any atom is 0.348 e. The first-order valence-electron chi connectivity index (χ1n) is 13.2. The van der Waals surface area contributed by atoms with Crippen molar-refractivity contribution in [2.24, 2.45) is 0 Å². The number of rotatable bonds is 8. The molecular weight excluding hydrogens is 583 g/mol. The van der Waals surface area contributed by atoms with Crippen LogP contribution in [0.2, 0.25) is 0 Å². The highest BCUT2D eigenvalue weighted by molar-refractivity contribution is 7.14. The lowest BCUT2D eigenvalue weighted by atomic mass is 10.2. The van der Waals surface area contributed by atoms with E-state index < -0.39 is 5.97 Å². The molecule has 0 radical (unpaired) electrons. The molecule has 6 N–H and O–H groups in total. The second-order valence-electron chi connectivity index (χ2n) is 9.25. The molecule has 0 saturated carbocycles. The highest BCUT2D eigenvalue weighted by Gasteiger charge is 2.15. The van der Waals surface area contributed by atoms with Crippen LogP contribution in [-0.2, 0) is 6.54 Å². The molecule has 1 amide bonds. The monoisotopic (exact) mass is 607 g/mol. The van der Waals surface area contributed by atoms with Crippen LogP contribution in [0.3, 0.4) is 0 Å². The Labute approximate surface area is 253 Å². The number of aromatic carboxylic acids is 1. The lowest BCUT2D eigenvalue weighted by Gasteiger charge is -2.09. The Morgan fingerprint density at radius 3 is 2.07 bits per heavy atom. The Hall–Kier alpha value is -5.46. The van der Waals surface area contributed by atoms with Gasteiger partial charge in [-0.05, 0) is 52.7 Å². The smallest absolute Gasteiger partial charge is 0.348 e. The highest BCUT2D eigenvalue weighted by Crippen LogP contribution is 2.31. The minimum Gasteiger partial charge on any atom is -0.477 e. The second kappa shape index (κ2) is 12.6. The quantitative estimate of drug-likeness (QED) is 0.106. The highest BCUT2D eigenvalue weighted by atomic mass is 32.1. The summed E-state index contributed by atoms with van der Waals surface area (Å²) in [7, 11) is 0. The standard InChI is InChI=1S/C19H16N4OS.C12H9N3O2S/c24-18(22-12-13-4-2-1-3-5-13)15-8-11-25-19(15)23-16-7-10-21-17-14(16)6-9-20-17;16-12(17)10-9(3-6-18-10)15-8-2-5-14-11-7(8)1-4-13-11/h1-11H,12H2,(H,22,24)(H2,20,21,23);1-6H,(H,16,17)(H2,13,14,15). The van der Waals surface area contributed by atoms with Crippen molar-refractivity contribution in [1.82, 2.24) is 25.3 Å². The molecule has 12 heteroatoms. The molecule has 0 fully saturated rings. The second-order valence-corrected chi connectivity index (χ2v) is 11.1. The van der Waals surface area contributed by atoms with Crippen LogP contribution in [0.15, 0.2) is 102 Å². The van der Waals surface area contributed by atoms with Gasteiger partial charge in [0.15, 0.2) is 0 Å². The fourth-order valence-electron chi connectivity index (χ4n) is 4.44. The van der Waals surface area contributed by atoms with Crippen molar-refractivity contribution in [3.63, 3.8) is 0 Å². The zero-order chi connectivity index (χ0) is 29.6. The van der Waals surface area contributed by atoms with E-state index in [-0.39, 0.29) is 5.91 Å². The molecule has 0 atom stereocenters. The van der Waals surface area contributed by atoms with Gasteiger partial charge in [0.1, 0.15) is 21.2 Å². The van der Waals surface area contributed by atoms with Gasteiger partial charge in [-0.2, -0.15) is 0 Å². The number of anilines is 4. The number of H-pyrrole nitrogens is 2. The molecule has 0 saturated heterocycles. The SMILES string of the molecule is O=C(NCc1ccccc1)c1ccsc1Nc1ccnc2[nH]ccc12.O=C(O)c1sccc1Nc1ccnc2[nH]ccc12. The Bertz CT molecular complexity index is 2010. The number of hydrogen-bond donors (Lipinski definition) is 6. The third-order valence-electron chi connectivity index (χ3n) is 6.50. The Balaban J connectivity index is 0.000000162. The number of thiophene rings is 2. The number of fused-ring (bicyclic) bond motifs is 2. The molecule has 7 rings (SSSR count). The van der Waals surface area contributed by atoms with Crippen LogP contribution in [0.5, 0.6) is 0 Å². The summed E-state index contributed by atoms with van der Waals surface area (Å²) in [4.78, 5) is 38.4. The average molecular weight is 608 g/mol. The minimum atomic E-state index is -0.924. The van der Waals surface area contributed by atoms with Crippen molar-refractivity contribution < 1.29 is 14.7 Å². The molecule has 0 unspecified atom stereocenters. The summed E-state index contributed by atoms with van der Waals surface area (Å²) in [6, 6.07) is 21.1. The van der Waals surface area contributed by atoms with Crippen LogP contribution in [0, 0.1) is 0 Å². The van der Waals surface area contributed by atoms with E-state index in [1.54, 1.807) is 30.0 Å². The molecule has 0 aliphatic carbocycles. The topological polar surface area (TPSA) is 148 Å². The molecule has 6 heterocycles. The normalized spacial score (nSPS) is 10.7. The Kier molecular flexibility index (Phi) is 8.11. The van der Waals surface area contributed by atoms with E-state index in [2.05, 4.69) is 35.9 Å². The van der Waals surface area contributed by atoms with Crippen LogP contribution >= 0.6 is 22.7 Å². The number of aromatic amines is 2. The van der Waals surface area contributed by atoms with Crippen molar-refractivity contribution in [2.45, 2.75) is 6.54 Å². The van der Waals surface area contributed by atoms with E-state index in [0.29, 0.717) is 22.7 Å². The first-order chi connectivity index (χ1) is 21.1. The molecule has 214 valence electrons. The lowest BCUT2D eigenvalue weighted by Crippen LogP contribution is -2.22. The van der Waals surface area contributed by atoms with Gasteiger partial charge < -0.3 is 31.0 Å². The summed E-state index contributed by atoms with van der Waals surface area (Å²) in [6.45, 7) is 0.506. The van der Waals surface area contributed by atoms with Gasteiger partial charge in [0.05, 0.1) is 22.6 Å². The van der Waals surface area contributed by atoms with E-state index in [9.17, 15) is 9.59 Å². The Morgan fingerprint density at radius 2 is 1.40 bits per heavy atom. The van der Waals surface area contributed by atoms with E-state index in [1.165, 1.54) is 22.7 Å². The van der Waals surface area contributed by atoms with Gasteiger partial charge in [-0.15, -0.1) is 22.7 Å². The number of carbonyl (C=O) groups is 2. The number of pyridine rings is 2. The van der Waals surface area contributed by atoms with Crippen molar-refractivity contribution in [3.8, 4) is 0 Å². The number of nitrogens with zero attached hydrogens (tertiary/aromatic N) is 2. The van der Waals surface area contributed by atoms with E-state index in [0.717, 1.165) is 44.0 Å². The number of amides is 1. The van der Waals surface area contributed by atoms with Gasteiger partial charge in [-0.1, -0.05) is 30.3 Å². The number of aromatic nitrogens is 4. The van der Waals surface area contributed by atoms with E-state index in [4.69, 9.17) is 5.11 Å². The minimum absolute atomic E-state index is 0.0908. The molecule has 0 aliphatic heterocycles. The van der Waals surface area contributed by atoms with Crippen LogP contribution in [0.25, 0.3) is 22.1 Å². The summed E-state index contributed by atoms with van der Waals surface area (Å²) >= 11 is 2.70. The predicted molar refractivity (Wildman–Crippen MR) is 172 cm³/mol. The van der Waals surface area contributed by atoms with Gasteiger partial charge in [0, 0.05) is 42.1 Å². The van der Waals surface area contributed by atoms with Crippen LogP contribution in [-0.4, -0.2) is 36.9 Å². The maximum atomic E-state index is 12.5. The molecule has 0 spiro atoms. The number of benzene rings is 1. The number of hydrogen-bond acceptors (Lipinski definition) is 8. The molecule has 6 aromatic heterocycles. The first-order valence-corrected chi connectivity index (χ1v) is 14.9. The molecule has 0 aliphatic rings.